The molecule has 0 unspecified atom stereocenters. The lowest BCUT2D eigenvalue weighted by Gasteiger charge is -2.20. The van der Waals surface area contributed by atoms with Gasteiger partial charge in [-0.25, -0.2) is 5.10 Å². The summed E-state index contributed by atoms with van der Waals surface area (Å²) in [4.78, 5) is 2.16. The van der Waals surface area contributed by atoms with Crippen molar-refractivity contribution >= 4 is 24.1 Å². The van der Waals surface area contributed by atoms with Gasteiger partial charge in [-0.3, -0.25) is 0 Å². The lowest BCUT2D eigenvalue weighted by atomic mass is 10.2. The van der Waals surface area contributed by atoms with E-state index >= 15 is 0 Å². The maximum Gasteiger partial charge on any atom is 0.453 e. The molecule has 0 saturated carbocycles. The molecule has 23 heavy (non-hydrogen) atoms. The highest BCUT2D eigenvalue weighted by molar-refractivity contribution is 7.71. The Hall–Kier alpha value is -2.16. The third-order valence-electron chi connectivity index (χ3n) is 3.25. The van der Waals surface area contributed by atoms with Crippen molar-refractivity contribution in [3.63, 3.8) is 0 Å². The number of nitrogens with zero attached hydrogens (tertiary/aromatic N) is 4. The average Bonchev–Trinajstić information content (AvgIpc) is 2.89. The van der Waals surface area contributed by atoms with E-state index in [0.29, 0.717) is 10.2 Å². The molecule has 124 valence electrons. The van der Waals surface area contributed by atoms with Gasteiger partial charge < -0.3 is 4.90 Å². The summed E-state index contributed by atoms with van der Waals surface area (Å²) in [6.45, 7) is 5.86. The molecule has 2 rings (SSSR count). The van der Waals surface area contributed by atoms with Gasteiger partial charge in [-0.15, -0.1) is 5.10 Å². The second-order valence-electron chi connectivity index (χ2n) is 4.67. The summed E-state index contributed by atoms with van der Waals surface area (Å²) in [5, 5.41) is 9.03. The number of hydrogen-bond acceptors (Lipinski definition) is 4. The first kappa shape index (κ1) is 17.2. The maximum atomic E-state index is 12.8. The fourth-order valence-corrected chi connectivity index (χ4v) is 2.25. The van der Waals surface area contributed by atoms with Crippen LogP contribution in [0.15, 0.2) is 29.4 Å². The van der Waals surface area contributed by atoms with Gasteiger partial charge in [-0.1, -0.05) is 12.1 Å². The Kier molecular flexibility index (Phi) is 5.19. The molecule has 0 fully saturated rings. The van der Waals surface area contributed by atoms with E-state index in [4.69, 9.17) is 12.2 Å². The van der Waals surface area contributed by atoms with Crippen LogP contribution < -0.4 is 4.90 Å². The molecular formula is C14H16F3N5S. The predicted octanol–water partition coefficient (Wildman–Crippen LogP) is 3.69. The fraction of sp³-hybridized carbons (Fsp3) is 0.357. The zero-order valence-electron chi connectivity index (χ0n) is 12.6. The summed E-state index contributed by atoms with van der Waals surface area (Å²) >= 11 is 4.77. The number of nitrogens with one attached hydrogen (secondary N) is 1. The summed E-state index contributed by atoms with van der Waals surface area (Å²) in [7, 11) is 0. The minimum Gasteiger partial charge on any atom is -0.372 e. The van der Waals surface area contributed by atoms with Crippen molar-refractivity contribution in [3.05, 3.63) is 40.4 Å². The van der Waals surface area contributed by atoms with Crippen LogP contribution in [0.3, 0.4) is 0 Å². The Morgan fingerprint density at radius 3 is 2.39 bits per heavy atom. The molecule has 1 heterocycles. The molecule has 0 amide bonds. The third kappa shape index (κ3) is 3.98. The number of alkyl halides is 3. The molecule has 2 aromatic rings. The zero-order valence-corrected chi connectivity index (χ0v) is 13.4. The number of aromatic amines is 1. The quantitative estimate of drug-likeness (QED) is 0.665. The standard InChI is InChI=1S/C14H16F3N5S/c1-3-21(4-2)11-7-5-10(6-8-11)9-18-22-12(14(15,16)17)19-20-13(22)23/h5-9H,3-4H2,1-2H3,(H,20,23)/b18-9-. The molecule has 0 aliphatic heterocycles. The lowest BCUT2D eigenvalue weighted by Crippen LogP contribution is -2.21. The van der Waals surface area contributed by atoms with Crippen molar-refractivity contribution in [2.45, 2.75) is 20.0 Å². The van der Waals surface area contributed by atoms with Crippen molar-refractivity contribution in [3.8, 4) is 0 Å². The monoisotopic (exact) mass is 343 g/mol. The van der Waals surface area contributed by atoms with E-state index in [-0.39, 0.29) is 4.77 Å². The highest BCUT2D eigenvalue weighted by Gasteiger charge is 2.37. The summed E-state index contributed by atoms with van der Waals surface area (Å²) in [6, 6.07) is 7.36. The zero-order chi connectivity index (χ0) is 17.0. The SMILES string of the molecule is CCN(CC)c1ccc(/C=N\n2c(C(F)(F)F)n[nH]c2=S)cc1. The van der Waals surface area contributed by atoms with E-state index in [1.807, 2.05) is 12.1 Å². The van der Waals surface area contributed by atoms with Gasteiger partial charge in [0.15, 0.2) is 0 Å². The summed E-state index contributed by atoms with van der Waals surface area (Å²) in [5.41, 5.74) is 1.71. The van der Waals surface area contributed by atoms with Crippen molar-refractivity contribution in [2.75, 3.05) is 18.0 Å². The number of benzene rings is 1. The first-order valence-corrected chi connectivity index (χ1v) is 7.41. The van der Waals surface area contributed by atoms with Gasteiger partial charge >= 0.3 is 6.18 Å². The normalized spacial score (nSPS) is 12.0. The van der Waals surface area contributed by atoms with Gasteiger partial charge in [0, 0.05) is 18.8 Å². The molecule has 0 spiro atoms. The van der Waals surface area contributed by atoms with Crippen molar-refractivity contribution < 1.29 is 13.2 Å². The van der Waals surface area contributed by atoms with Gasteiger partial charge in [0.1, 0.15) is 0 Å². The van der Waals surface area contributed by atoms with Gasteiger partial charge in [0.05, 0.1) is 6.21 Å². The molecular weight excluding hydrogens is 327 g/mol. The van der Waals surface area contributed by atoms with Gasteiger partial charge in [-0.05, 0) is 43.8 Å². The van der Waals surface area contributed by atoms with E-state index in [0.717, 1.165) is 18.8 Å². The number of hydrogen-bond donors (Lipinski definition) is 1. The van der Waals surface area contributed by atoms with Crippen molar-refractivity contribution in [1.29, 1.82) is 0 Å². The maximum absolute atomic E-state index is 12.8. The van der Waals surface area contributed by atoms with Crippen LogP contribution in [0.25, 0.3) is 0 Å². The van der Waals surface area contributed by atoms with Crippen molar-refractivity contribution in [2.24, 2.45) is 5.10 Å². The minimum atomic E-state index is -4.63. The highest BCUT2D eigenvalue weighted by Crippen LogP contribution is 2.27. The van der Waals surface area contributed by atoms with E-state index in [9.17, 15) is 13.2 Å². The third-order valence-corrected chi connectivity index (χ3v) is 3.51. The smallest absolute Gasteiger partial charge is 0.372 e. The van der Waals surface area contributed by atoms with Gasteiger partial charge in [-0.2, -0.15) is 22.9 Å². The summed E-state index contributed by atoms with van der Waals surface area (Å²) in [5.74, 6) is -1.18. The van der Waals surface area contributed by atoms with Crippen LogP contribution in [0, 0.1) is 4.77 Å². The molecule has 0 aliphatic rings. The van der Waals surface area contributed by atoms with Gasteiger partial charge in [0.25, 0.3) is 5.82 Å². The second kappa shape index (κ2) is 6.95. The molecule has 0 radical (unpaired) electrons. The van der Waals surface area contributed by atoms with E-state index in [1.165, 1.54) is 6.21 Å². The van der Waals surface area contributed by atoms with E-state index < -0.39 is 12.0 Å². The van der Waals surface area contributed by atoms with Crippen LogP contribution in [-0.4, -0.2) is 34.2 Å². The Bertz CT molecular complexity index is 726. The second-order valence-corrected chi connectivity index (χ2v) is 5.06. The molecule has 0 saturated heterocycles. The Balaban J connectivity index is 2.25. The minimum absolute atomic E-state index is 0.215. The summed E-state index contributed by atoms with van der Waals surface area (Å²) < 4.78 is 38.7. The molecule has 5 nitrogen and oxygen atoms in total. The van der Waals surface area contributed by atoms with Gasteiger partial charge in [0.2, 0.25) is 4.77 Å². The van der Waals surface area contributed by atoms with Crippen molar-refractivity contribution in [1.82, 2.24) is 14.9 Å². The molecule has 9 heteroatoms. The van der Waals surface area contributed by atoms with Crippen LogP contribution in [0.4, 0.5) is 18.9 Å². The number of halogens is 3. The van der Waals surface area contributed by atoms with Crippen LogP contribution in [0.1, 0.15) is 25.2 Å². The molecule has 0 atom stereocenters. The molecule has 1 N–H and O–H groups in total. The van der Waals surface area contributed by atoms with E-state index in [2.05, 4.69) is 34.0 Å². The number of aromatic nitrogens is 3. The topological polar surface area (TPSA) is 49.2 Å². The highest BCUT2D eigenvalue weighted by atomic mass is 32.1. The molecule has 1 aromatic carbocycles. The largest absolute Gasteiger partial charge is 0.453 e. The Morgan fingerprint density at radius 2 is 1.87 bits per heavy atom. The molecule has 1 aromatic heterocycles. The van der Waals surface area contributed by atoms with Crippen LogP contribution in [0.2, 0.25) is 0 Å². The first-order valence-electron chi connectivity index (χ1n) is 7.00. The number of H-pyrrole nitrogens is 1. The molecule has 0 aliphatic carbocycles. The first-order chi connectivity index (χ1) is 10.9. The number of rotatable bonds is 5. The Labute approximate surface area is 136 Å². The fourth-order valence-electron chi connectivity index (χ4n) is 2.07. The number of anilines is 1. The van der Waals surface area contributed by atoms with Crippen LogP contribution in [0.5, 0.6) is 0 Å². The predicted molar refractivity (Wildman–Crippen MR) is 85.4 cm³/mol. The molecule has 0 bridgehead atoms. The van der Waals surface area contributed by atoms with Crippen LogP contribution >= 0.6 is 12.2 Å². The Morgan fingerprint density at radius 1 is 1.26 bits per heavy atom. The lowest BCUT2D eigenvalue weighted by molar-refractivity contribution is -0.147. The summed E-state index contributed by atoms with van der Waals surface area (Å²) in [6.07, 6.45) is -3.32. The van der Waals surface area contributed by atoms with E-state index in [1.54, 1.807) is 12.1 Å². The van der Waals surface area contributed by atoms with Crippen LogP contribution in [-0.2, 0) is 6.18 Å². The average molecular weight is 343 g/mol.